The molecule has 2 aromatic rings. The summed E-state index contributed by atoms with van der Waals surface area (Å²) in [5.74, 6) is -0.720. The largest absolute Gasteiger partial charge is 0.506 e. The van der Waals surface area contributed by atoms with Gasteiger partial charge >= 0.3 is 5.97 Å². The van der Waals surface area contributed by atoms with Gasteiger partial charge in [-0.25, -0.2) is 4.79 Å². The van der Waals surface area contributed by atoms with E-state index in [9.17, 15) is 9.90 Å². The molecule has 14 heavy (non-hydrogen) atoms. The number of aryl methyl sites for hydroxylation is 1. The molecule has 0 saturated heterocycles. The summed E-state index contributed by atoms with van der Waals surface area (Å²) in [6.45, 7) is 1.75. The molecule has 0 radical (unpaired) electrons. The zero-order valence-corrected chi connectivity index (χ0v) is 8.26. The third kappa shape index (κ3) is 1.15. The van der Waals surface area contributed by atoms with Gasteiger partial charge < -0.3 is 10.2 Å². The van der Waals surface area contributed by atoms with Gasteiger partial charge in [0.2, 0.25) is 0 Å². The number of aromatic carboxylic acids is 1. The standard InChI is InChI=1S/C10H8O3S/c1-5-6(10(12)13)2-3-7-8(11)4-14-9(5)7/h2-4,11H,1H3,(H,12,13). The molecule has 0 fully saturated rings. The number of aromatic hydroxyl groups is 1. The lowest BCUT2D eigenvalue weighted by molar-refractivity contribution is 0.0696. The van der Waals surface area contributed by atoms with Crippen LogP contribution in [0.15, 0.2) is 17.5 Å². The summed E-state index contributed by atoms with van der Waals surface area (Å²) in [6.07, 6.45) is 0. The lowest BCUT2D eigenvalue weighted by atomic mass is 10.1. The molecule has 0 amide bonds. The molecule has 72 valence electrons. The van der Waals surface area contributed by atoms with Crippen LogP contribution in [-0.2, 0) is 0 Å². The van der Waals surface area contributed by atoms with E-state index >= 15 is 0 Å². The number of carboxylic acids is 1. The van der Waals surface area contributed by atoms with Crippen molar-refractivity contribution in [1.29, 1.82) is 0 Å². The average Bonchev–Trinajstić information content (AvgIpc) is 2.49. The summed E-state index contributed by atoms with van der Waals surface area (Å²) in [4.78, 5) is 10.8. The minimum Gasteiger partial charge on any atom is -0.506 e. The molecule has 0 aliphatic heterocycles. The van der Waals surface area contributed by atoms with Crippen molar-refractivity contribution in [3.8, 4) is 5.75 Å². The van der Waals surface area contributed by atoms with Gasteiger partial charge in [-0.3, -0.25) is 0 Å². The lowest BCUT2D eigenvalue weighted by Crippen LogP contribution is -1.98. The van der Waals surface area contributed by atoms with Crippen LogP contribution >= 0.6 is 11.3 Å². The van der Waals surface area contributed by atoms with Crippen LogP contribution in [0.2, 0.25) is 0 Å². The first kappa shape index (κ1) is 9.02. The molecule has 2 N–H and O–H groups in total. The fraction of sp³-hybridized carbons (Fsp3) is 0.100. The van der Waals surface area contributed by atoms with Crippen molar-refractivity contribution in [2.45, 2.75) is 6.92 Å². The number of fused-ring (bicyclic) bond motifs is 1. The Bertz CT molecular complexity index is 513. The van der Waals surface area contributed by atoms with E-state index in [0.717, 1.165) is 10.1 Å². The summed E-state index contributed by atoms with van der Waals surface area (Å²) in [5, 5.41) is 20.6. The molecule has 0 aliphatic rings. The van der Waals surface area contributed by atoms with E-state index in [1.165, 1.54) is 17.4 Å². The van der Waals surface area contributed by atoms with Crippen molar-refractivity contribution in [3.05, 3.63) is 28.6 Å². The second-order valence-corrected chi connectivity index (χ2v) is 3.92. The first-order chi connectivity index (χ1) is 6.61. The average molecular weight is 208 g/mol. The van der Waals surface area contributed by atoms with E-state index in [4.69, 9.17) is 5.11 Å². The number of benzene rings is 1. The van der Waals surface area contributed by atoms with Crippen molar-refractivity contribution in [2.24, 2.45) is 0 Å². The number of thiophene rings is 1. The Morgan fingerprint density at radius 3 is 2.79 bits per heavy atom. The minimum absolute atomic E-state index is 0.213. The second kappa shape index (κ2) is 2.99. The maximum absolute atomic E-state index is 10.8. The zero-order valence-electron chi connectivity index (χ0n) is 7.44. The summed E-state index contributed by atoms with van der Waals surface area (Å²) in [5.41, 5.74) is 1.000. The lowest BCUT2D eigenvalue weighted by Gasteiger charge is -2.01. The van der Waals surface area contributed by atoms with Gasteiger partial charge in [-0.05, 0) is 24.6 Å². The highest BCUT2D eigenvalue weighted by atomic mass is 32.1. The highest BCUT2D eigenvalue weighted by Crippen LogP contribution is 2.34. The van der Waals surface area contributed by atoms with Crippen LogP contribution in [0.4, 0.5) is 0 Å². The van der Waals surface area contributed by atoms with E-state index in [-0.39, 0.29) is 5.75 Å². The van der Waals surface area contributed by atoms with Crippen molar-refractivity contribution < 1.29 is 15.0 Å². The topological polar surface area (TPSA) is 57.5 Å². The normalized spacial score (nSPS) is 10.6. The molecule has 1 aromatic carbocycles. The van der Waals surface area contributed by atoms with E-state index in [1.807, 2.05) is 0 Å². The molecule has 0 bridgehead atoms. The van der Waals surface area contributed by atoms with Gasteiger partial charge in [0.1, 0.15) is 5.75 Å². The van der Waals surface area contributed by atoms with Crippen molar-refractivity contribution in [2.75, 3.05) is 0 Å². The van der Waals surface area contributed by atoms with Crippen LogP contribution in [0.3, 0.4) is 0 Å². The van der Waals surface area contributed by atoms with E-state index in [0.29, 0.717) is 11.1 Å². The quantitative estimate of drug-likeness (QED) is 0.757. The summed E-state index contributed by atoms with van der Waals surface area (Å²) in [6, 6.07) is 3.16. The van der Waals surface area contributed by atoms with Gasteiger partial charge in [-0.1, -0.05) is 0 Å². The highest BCUT2D eigenvalue weighted by molar-refractivity contribution is 7.17. The van der Waals surface area contributed by atoms with Crippen molar-refractivity contribution in [1.82, 2.24) is 0 Å². The number of carboxylic acid groups (broad SMARTS) is 1. The smallest absolute Gasteiger partial charge is 0.336 e. The molecule has 4 heteroatoms. The number of rotatable bonds is 1. The van der Waals surface area contributed by atoms with E-state index < -0.39 is 5.97 Å². The Labute approximate surface area is 84.2 Å². The predicted molar refractivity (Wildman–Crippen MR) is 55.2 cm³/mol. The first-order valence-corrected chi connectivity index (χ1v) is 4.92. The Morgan fingerprint density at radius 1 is 1.43 bits per heavy atom. The van der Waals surface area contributed by atoms with Gasteiger partial charge in [0.15, 0.2) is 0 Å². The zero-order chi connectivity index (χ0) is 10.3. The molecule has 1 aromatic heterocycles. The Kier molecular flexibility index (Phi) is 1.93. The summed E-state index contributed by atoms with van der Waals surface area (Å²) in [7, 11) is 0. The van der Waals surface area contributed by atoms with Crippen molar-refractivity contribution in [3.63, 3.8) is 0 Å². The number of hydrogen-bond donors (Lipinski definition) is 2. The van der Waals surface area contributed by atoms with Gasteiger partial charge in [-0.15, -0.1) is 11.3 Å². The van der Waals surface area contributed by atoms with E-state index in [1.54, 1.807) is 18.4 Å². The third-order valence-electron chi connectivity index (χ3n) is 2.20. The van der Waals surface area contributed by atoms with Crippen LogP contribution in [0, 0.1) is 6.92 Å². The number of hydrogen-bond acceptors (Lipinski definition) is 3. The Hall–Kier alpha value is -1.55. The van der Waals surface area contributed by atoms with Crippen LogP contribution in [0.1, 0.15) is 15.9 Å². The van der Waals surface area contributed by atoms with Crippen LogP contribution in [0.5, 0.6) is 5.75 Å². The summed E-state index contributed by atoms with van der Waals surface area (Å²) < 4.78 is 0.836. The summed E-state index contributed by atoms with van der Waals surface area (Å²) >= 11 is 1.36. The predicted octanol–water partition coefficient (Wildman–Crippen LogP) is 2.61. The fourth-order valence-corrected chi connectivity index (χ4v) is 2.40. The molecule has 0 spiro atoms. The van der Waals surface area contributed by atoms with Gasteiger partial charge in [0, 0.05) is 15.5 Å². The van der Waals surface area contributed by atoms with Crippen molar-refractivity contribution >= 4 is 27.4 Å². The number of carbonyl (C=O) groups is 1. The fourth-order valence-electron chi connectivity index (χ4n) is 1.46. The minimum atomic E-state index is -0.933. The SMILES string of the molecule is Cc1c(C(=O)O)ccc2c(O)csc12. The molecule has 0 aliphatic carbocycles. The van der Waals surface area contributed by atoms with Crippen LogP contribution in [-0.4, -0.2) is 16.2 Å². The van der Waals surface area contributed by atoms with Crippen LogP contribution in [0.25, 0.3) is 10.1 Å². The molecule has 0 atom stereocenters. The molecular formula is C10H8O3S. The van der Waals surface area contributed by atoms with Gasteiger partial charge in [0.25, 0.3) is 0 Å². The maximum atomic E-state index is 10.8. The molecule has 3 nitrogen and oxygen atoms in total. The van der Waals surface area contributed by atoms with Crippen LogP contribution < -0.4 is 0 Å². The van der Waals surface area contributed by atoms with E-state index in [2.05, 4.69) is 0 Å². The highest BCUT2D eigenvalue weighted by Gasteiger charge is 2.12. The monoisotopic (exact) mass is 208 g/mol. The third-order valence-corrected chi connectivity index (χ3v) is 3.30. The van der Waals surface area contributed by atoms with Gasteiger partial charge in [-0.2, -0.15) is 0 Å². The molecule has 0 unspecified atom stereocenters. The molecule has 1 heterocycles. The molecule has 2 rings (SSSR count). The molecular weight excluding hydrogens is 200 g/mol. The molecule has 0 saturated carbocycles. The van der Waals surface area contributed by atoms with Gasteiger partial charge in [0.05, 0.1) is 5.56 Å². The Morgan fingerprint density at radius 2 is 2.14 bits per heavy atom. The second-order valence-electron chi connectivity index (χ2n) is 3.04. The maximum Gasteiger partial charge on any atom is 0.336 e. The Balaban J connectivity index is 2.82. The first-order valence-electron chi connectivity index (χ1n) is 4.04.